The van der Waals surface area contributed by atoms with E-state index < -0.39 is 0 Å². The van der Waals surface area contributed by atoms with Gasteiger partial charge >= 0.3 is 0 Å². The van der Waals surface area contributed by atoms with Crippen molar-refractivity contribution in [2.45, 2.75) is 19.4 Å². The van der Waals surface area contributed by atoms with E-state index in [1.54, 1.807) is 7.11 Å². The summed E-state index contributed by atoms with van der Waals surface area (Å²) in [5.74, 6) is 0.885. The summed E-state index contributed by atoms with van der Waals surface area (Å²) >= 11 is 0. The summed E-state index contributed by atoms with van der Waals surface area (Å²) in [6.45, 7) is 4.32. The molecule has 0 heterocycles. The fourth-order valence-electron chi connectivity index (χ4n) is 1.97. The summed E-state index contributed by atoms with van der Waals surface area (Å²) in [5, 5.41) is 3.53. The second-order valence-corrected chi connectivity index (χ2v) is 4.85. The van der Waals surface area contributed by atoms with E-state index in [2.05, 4.69) is 43.4 Å². The van der Waals surface area contributed by atoms with E-state index >= 15 is 0 Å². The maximum absolute atomic E-state index is 5.27. The van der Waals surface area contributed by atoms with E-state index in [1.165, 1.54) is 5.56 Å². The summed E-state index contributed by atoms with van der Waals surface area (Å²) in [4.78, 5) is 0. The van der Waals surface area contributed by atoms with Gasteiger partial charge in [0, 0.05) is 5.69 Å². The van der Waals surface area contributed by atoms with Crippen LogP contribution < -0.4 is 10.1 Å². The van der Waals surface area contributed by atoms with Crippen molar-refractivity contribution in [2.24, 2.45) is 0 Å². The number of nitrogens with one attached hydrogen (secondary N) is 1. The van der Waals surface area contributed by atoms with Crippen LogP contribution in [0.15, 0.2) is 54.6 Å². The van der Waals surface area contributed by atoms with E-state index in [1.807, 2.05) is 30.3 Å². The van der Waals surface area contributed by atoms with Crippen LogP contribution in [-0.4, -0.2) is 7.11 Å². The highest BCUT2D eigenvalue weighted by Gasteiger charge is 2.20. The molecular formula is C16H19NO. The third kappa shape index (κ3) is 2.83. The number of anilines is 1. The minimum atomic E-state index is -0.143. The van der Waals surface area contributed by atoms with Crippen LogP contribution in [0.1, 0.15) is 19.4 Å². The predicted octanol–water partition coefficient (Wildman–Crippen LogP) is 4.04. The Morgan fingerprint density at radius 3 is 2.33 bits per heavy atom. The largest absolute Gasteiger partial charge is 0.497 e. The van der Waals surface area contributed by atoms with Gasteiger partial charge in [-0.3, -0.25) is 0 Å². The number of benzene rings is 2. The van der Waals surface area contributed by atoms with Gasteiger partial charge in [-0.15, -0.1) is 0 Å². The molecule has 2 nitrogen and oxygen atoms in total. The first-order valence-corrected chi connectivity index (χ1v) is 6.09. The molecule has 1 N–H and O–H groups in total. The molecule has 0 radical (unpaired) electrons. The number of hydrogen-bond donors (Lipinski definition) is 1. The second-order valence-electron chi connectivity index (χ2n) is 4.85. The van der Waals surface area contributed by atoms with Crippen molar-refractivity contribution in [1.29, 1.82) is 0 Å². The summed E-state index contributed by atoms with van der Waals surface area (Å²) in [5.41, 5.74) is 2.17. The molecular weight excluding hydrogens is 222 g/mol. The van der Waals surface area contributed by atoms with Crippen LogP contribution in [0, 0.1) is 0 Å². The van der Waals surface area contributed by atoms with Gasteiger partial charge in [0.1, 0.15) is 5.75 Å². The lowest BCUT2D eigenvalue weighted by atomic mass is 9.93. The quantitative estimate of drug-likeness (QED) is 0.872. The maximum Gasteiger partial charge on any atom is 0.119 e. The molecule has 0 aromatic heterocycles. The van der Waals surface area contributed by atoms with Gasteiger partial charge in [-0.2, -0.15) is 0 Å². The van der Waals surface area contributed by atoms with Gasteiger partial charge in [-0.1, -0.05) is 30.3 Å². The first-order chi connectivity index (χ1) is 8.62. The Hall–Kier alpha value is -1.96. The Morgan fingerprint density at radius 1 is 0.944 bits per heavy atom. The molecule has 94 valence electrons. The third-order valence-electron chi connectivity index (χ3n) is 3.02. The number of hydrogen-bond acceptors (Lipinski definition) is 2. The zero-order valence-corrected chi connectivity index (χ0v) is 11.1. The van der Waals surface area contributed by atoms with Gasteiger partial charge in [0.05, 0.1) is 12.6 Å². The number of ether oxygens (including phenoxy) is 1. The van der Waals surface area contributed by atoms with Crippen LogP contribution in [0.5, 0.6) is 5.75 Å². The van der Waals surface area contributed by atoms with Gasteiger partial charge in [-0.05, 0) is 43.7 Å². The summed E-state index contributed by atoms with van der Waals surface area (Å²) in [6.07, 6.45) is 0. The first kappa shape index (κ1) is 12.5. The fourth-order valence-corrected chi connectivity index (χ4v) is 1.97. The van der Waals surface area contributed by atoms with E-state index in [4.69, 9.17) is 4.74 Å². The van der Waals surface area contributed by atoms with Gasteiger partial charge in [0.2, 0.25) is 0 Å². The van der Waals surface area contributed by atoms with Gasteiger partial charge in [0.15, 0.2) is 0 Å². The van der Waals surface area contributed by atoms with Crippen LogP contribution >= 0.6 is 0 Å². The summed E-state index contributed by atoms with van der Waals surface area (Å²) < 4.78 is 5.27. The number of methoxy groups -OCH3 is 1. The molecule has 0 aliphatic rings. The van der Waals surface area contributed by atoms with Crippen molar-refractivity contribution in [1.82, 2.24) is 0 Å². The molecule has 0 saturated heterocycles. The van der Waals surface area contributed by atoms with E-state index in [9.17, 15) is 0 Å². The number of rotatable bonds is 4. The van der Waals surface area contributed by atoms with Crippen LogP contribution in [-0.2, 0) is 5.54 Å². The number of para-hydroxylation sites is 1. The van der Waals surface area contributed by atoms with Crippen molar-refractivity contribution in [3.8, 4) is 5.75 Å². The fraction of sp³-hybridized carbons (Fsp3) is 0.250. The maximum atomic E-state index is 5.27. The minimum absolute atomic E-state index is 0.143. The van der Waals surface area contributed by atoms with Crippen molar-refractivity contribution in [3.63, 3.8) is 0 Å². The van der Waals surface area contributed by atoms with Crippen LogP contribution in [0.25, 0.3) is 0 Å². The van der Waals surface area contributed by atoms with Crippen molar-refractivity contribution < 1.29 is 4.74 Å². The van der Waals surface area contributed by atoms with Crippen molar-refractivity contribution in [2.75, 3.05) is 12.4 Å². The molecule has 18 heavy (non-hydrogen) atoms. The lowest BCUT2D eigenvalue weighted by Crippen LogP contribution is -2.27. The average molecular weight is 241 g/mol. The monoisotopic (exact) mass is 241 g/mol. The Bertz CT molecular complexity index is 506. The molecule has 2 heteroatoms. The van der Waals surface area contributed by atoms with E-state index in [0.717, 1.165) is 11.4 Å². The molecule has 2 aromatic rings. The summed E-state index contributed by atoms with van der Waals surface area (Å²) in [7, 11) is 1.69. The third-order valence-corrected chi connectivity index (χ3v) is 3.02. The second kappa shape index (κ2) is 5.13. The molecule has 0 amide bonds. The normalized spacial score (nSPS) is 11.1. The zero-order valence-electron chi connectivity index (χ0n) is 11.1. The highest BCUT2D eigenvalue weighted by atomic mass is 16.5. The van der Waals surface area contributed by atoms with Crippen molar-refractivity contribution >= 4 is 5.69 Å². The molecule has 0 spiro atoms. The predicted molar refractivity (Wildman–Crippen MR) is 76.1 cm³/mol. The van der Waals surface area contributed by atoms with Gasteiger partial charge in [-0.25, -0.2) is 0 Å². The molecule has 0 fully saturated rings. The van der Waals surface area contributed by atoms with Gasteiger partial charge in [0.25, 0.3) is 0 Å². The topological polar surface area (TPSA) is 21.3 Å². The zero-order chi connectivity index (χ0) is 13.0. The molecule has 2 rings (SSSR count). The van der Waals surface area contributed by atoms with Gasteiger partial charge < -0.3 is 10.1 Å². The highest BCUT2D eigenvalue weighted by molar-refractivity contribution is 5.48. The van der Waals surface area contributed by atoms with Crippen LogP contribution in [0.3, 0.4) is 0 Å². The molecule has 0 aliphatic carbocycles. The average Bonchev–Trinajstić information content (AvgIpc) is 2.39. The molecule has 0 aliphatic heterocycles. The van der Waals surface area contributed by atoms with E-state index in [0.29, 0.717) is 0 Å². The molecule has 0 saturated carbocycles. The molecule has 2 aromatic carbocycles. The Kier molecular flexibility index (Phi) is 3.56. The van der Waals surface area contributed by atoms with Crippen LogP contribution in [0.2, 0.25) is 0 Å². The Labute approximate surface area is 109 Å². The van der Waals surface area contributed by atoms with E-state index in [-0.39, 0.29) is 5.54 Å². The van der Waals surface area contributed by atoms with Crippen LogP contribution in [0.4, 0.5) is 5.69 Å². The molecule has 0 atom stereocenters. The lowest BCUT2D eigenvalue weighted by Gasteiger charge is -2.28. The standard InChI is InChI=1S/C16H19NO/c1-16(2,17-14-9-5-4-6-10-14)13-8-7-11-15(12-13)18-3/h4-12,17H,1-3H3. The van der Waals surface area contributed by atoms with Crippen molar-refractivity contribution in [3.05, 3.63) is 60.2 Å². The molecule has 0 unspecified atom stereocenters. The first-order valence-electron chi connectivity index (χ1n) is 6.09. The minimum Gasteiger partial charge on any atom is -0.497 e. The SMILES string of the molecule is COc1cccc(C(C)(C)Nc2ccccc2)c1. The Balaban J connectivity index is 2.24. The smallest absolute Gasteiger partial charge is 0.119 e. The Morgan fingerprint density at radius 2 is 1.67 bits per heavy atom. The molecule has 0 bridgehead atoms. The summed E-state index contributed by atoms with van der Waals surface area (Å²) in [6, 6.07) is 18.4. The highest BCUT2D eigenvalue weighted by Crippen LogP contribution is 2.27. The lowest BCUT2D eigenvalue weighted by molar-refractivity contribution is 0.413.